The monoisotopic (exact) mass is 283 g/mol. The molecule has 1 heterocycles. The van der Waals surface area contributed by atoms with Crippen molar-refractivity contribution in [2.45, 2.75) is 5.37 Å². The van der Waals surface area contributed by atoms with Crippen molar-refractivity contribution < 1.29 is 18.2 Å². The molecule has 3 amide bonds. The van der Waals surface area contributed by atoms with E-state index in [-0.39, 0.29) is 0 Å². The van der Waals surface area contributed by atoms with E-state index < -0.39 is 33.9 Å². The lowest BCUT2D eigenvalue weighted by Crippen LogP contribution is -2.51. The summed E-state index contributed by atoms with van der Waals surface area (Å²) < 4.78 is 24.8. The minimum Gasteiger partial charge on any atom is -0.350 e. The quantitative estimate of drug-likeness (QED) is 0.828. The first-order valence-corrected chi connectivity index (χ1v) is 6.49. The lowest BCUT2D eigenvalue weighted by atomic mass is 10.2. The summed E-state index contributed by atoms with van der Waals surface area (Å²) >= 11 is 0. The van der Waals surface area contributed by atoms with Crippen molar-refractivity contribution in [2.75, 3.05) is 0 Å². The van der Waals surface area contributed by atoms with Crippen LogP contribution in [0.3, 0.4) is 0 Å². The maximum atomic E-state index is 12.9. The third-order valence-electron chi connectivity index (χ3n) is 2.42. The second kappa shape index (κ2) is 5.19. The number of carbonyl (C=O) groups is 2. The largest absolute Gasteiger partial charge is 0.350 e. The summed E-state index contributed by atoms with van der Waals surface area (Å²) in [6.45, 7) is 0. The molecule has 0 radical (unpaired) electrons. The van der Waals surface area contributed by atoms with Gasteiger partial charge in [-0.1, -0.05) is 12.1 Å². The summed E-state index contributed by atoms with van der Waals surface area (Å²) in [6.07, 6.45) is 1.08. The molecule has 2 atom stereocenters. The number of nitrogens with one attached hydrogen (secondary N) is 1. The summed E-state index contributed by atoms with van der Waals surface area (Å²) in [5.41, 5.74) is 7.50. The number of halogens is 1. The third-order valence-corrected chi connectivity index (χ3v) is 3.75. The Labute approximate surface area is 110 Å². The molecule has 1 aliphatic heterocycles. The SMILES string of the molecule is NC(=O)NN1C(=O)C=CS(=O)C1c1ccc(F)cc1. The highest BCUT2D eigenvalue weighted by atomic mass is 32.2. The van der Waals surface area contributed by atoms with Gasteiger partial charge in [-0.2, -0.15) is 0 Å². The van der Waals surface area contributed by atoms with E-state index in [2.05, 4.69) is 5.43 Å². The van der Waals surface area contributed by atoms with Crippen LogP contribution in [-0.4, -0.2) is 21.2 Å². The molecule has 1 aromatic carbocycles. The Balaban J connectivity index is 2.40. The summed E-state index contributed by atoms with van der Waals surface area (Å²) in [5, 5.41) is 1.15. The zero-order chi connectivity index (χ0) is 14.0. The zero-order valence-corrected chi connectivity index (χ0v) is 10.4. The number of benzene rings is 1. The maximum absolute atomic E-state index is 12.9. The fraction of sp³-hybridized carbons (Fsp3) is 0.0909. The second-order valence-corrected chi connectivity index (χ2v) is 5.10. The molecule has 0 saturated heterocycles. The number of rotatable bonds is 2. The van der Waals surface area contributed by atoms with Crippen molar-refractivity contribution in [1.82, 2.24) is 10.4 Å². The van der Waals surface area contributed by atoms with Crippen molar-refractivity contribution in [3.8, 4) is 0 Å². The van der Waals surface area contributed by atoms with E-state index in [4.69, 9.17) is 5.73 Å². The molecule has 1 aliphatic rings. The zero-order valence-electron chi connectivity index (χ0n) is 9.58. The van der Waals surface area contributed by atoms with E-state index in [1.54, 1.807) is 0 Å². The van der Waals surface area contributed by atoms with E-state index in [1.807, 2.05) is 0 Å². The van der Waals surface area contributed by atoms with Crippen LogP contribution in [-0.2, 0) is 15.6 Å². The number of hydrazine groups is 1. The van der Waals surface area contributed by atoms with Gasteiger partial charge in [0, 0.05) is 11.5 Å². The minimum atomic E-state index is -1.57. The van der Waals surface area contributed by atoms with Gasteiger partial charge in [0.1, 0.15) is 5.82 Å². The first-order chi connectivity index (χ1) is 8.99. The maximum Gasteiger partial charge on any atom is 0.331 e. The summed E-state index contributed by atoms with van der Waals surface area (Å²) in [7, 11) is -1.57. The number of amides is 3. The van der Waals surface area contributed by atoms with Gasteiger partial charge in [0.2, 0.25) is 0 Å². The van der Waals surface area contributed by atoms with Gasteiger partial charge in [0.15, 0.2) is 5.37 Å². The van der Waals surface area contributed by atoms with Crippen LogP contribution in [0.1, 0.15) is 10.9 Å². The molecule has 3 N–H and O–H groups in total. The van der Waals surface area contributed by atoms with Crippen LogP contribution >= 0.6 is 0 Å². The summed E-state index contributed by atoms with van der Waals surface area (Å²) in [4.78, 5) is 22.6. The van der Waals surface area contributed by atoms with E-state index in [0.717, 1.165) is 11.1 Å². The lowest BCUT2D eigenvalue weighted by Gasteiger charge is -2.31. The molecule has 2 rings (SSSR count). The highest BCUT2D eigenvalue weighted by Crippen LogP contribution is 2.27. The smallest absolute Gasteiger partial charge is 0.331 e. The van der Waals surface area contributed by atoms with E-state index in [0.29, 0.717) is 5.56 Å². The van der Waals surface area contributed by atoms with Crippen molar-refractivity contribution in [3.05, 3.63) is 47.1 Å². The van der Waals surface area contributed by atoms with Crippen molar-refractivity contribution in [3.63, 3.8) is 0 Å². The number of nitrogens with two attached hydrogens (primary N) is 1. The predicted octanol–water partition coefficient (Wildman–Crippen LogP) is 0.512. The van der Waals surface area contributed by atoms with Gasteiger partial charge in [0.25, 0.3) is 5.91 Å². The Kier molecular flexibility index (Phi) is 3.61. The molecule has 0 saturated carbocycles. The predicted molar refractivity (Wildman–Crippen MR) is 66.0 cm³/mol. The number of carbonyl (C=O) groups excluding carboxylic acids is 2. The Hall–Kier alpha value is -2.22. The minimum absolute atomic E-state index is 0.422. The first-order valence-electron chi connectivity index (χ1n) is 5.21. The molecular weight excluding hydrogens is 273 g/mol. The molecule has 8 heteroatoms. The van der Waals surface area contributed by atoms with Gasteiger partial charge in [0.05, 0.1) is 10.8 Å². The second-order valence-electron chi connectivity index (χ2n) is 3.72. The van der Waals surface area contributed by atoms with Gasteiger partial charge >= 0.3 is 6.03 Å². The summed E-state index contributed by atoms with van der Waals surface area (Å²) in [6, 6.07) is 4.18. The fourth-order valence-electron chi connectivity index (χ4n) is 1.64. The molecule has 19 heavy (non-hydrogen) atoms. The molecule has 2 unspecified atom stereocenters. The molecule has 100 valence electrons. The van der Waals surface area contributed by atoms with Gasteiger partial charge in [-0.25, -0.2) is 19.6 Å². The van der Waals surface area contributed by atoms with Crippen LogP contribution in [0.15, 0.2) is 35.7 Å². The van der Waals surface area contributed by atoms with Gasteiger partial charge < -0.3 is 5.73 Å². The molecule has 0 aliphatic carbocycles. The van der Waals surface area contributed by atoms with Crippen molar-refractivity contribution in [2.24, 2.45) is 5.73 Å². The van der Waals surface area contributed by atoms with Gasteiger partial charge in [-0.3, -0.25) is 9.00 Å². The standard InChI is InChI=1S/C11H10FN3O3S/c12-8-3-1-7(2-4-8)10-15(14-11(13)17)9(16)5-6-19(10)18/h1-6,10H,(H3,13,14,17). The molecule has 6 nitrogen and oxygen atoms in total. The molecular formula is C11H10FN3O3S. The molecule has 0 fully saturated rings. The Morgan fingerprint density at radius 3 is 2.58 bits per heavy atom. The van der Waals surface area contributed by atoms with E-state index in [1.165, 1.54) is 29.7 Å². The molecule has 0 aromatic heterocycles. The van der Waals surface area contributed by atoms with Gasteiger partial charge in [-0.05, 0) is 17.7 Å². The molecule has 1 aromatic rings. The Morgan fingerprint density at radius 1 is 1.37 bits per heavy atom. The van der Waals surface area contributed by atoms with Crippen LogP contribution in [0, 0.1) is 5.82 Å². The Morgan fingerprint density at radius 2 is 2.00 bits per heavy atom. The fourth-order valence-corrected chi connectivity index (χ4v) is 2.83. The lowest BCUT2D eigenvalue weighted by molar-refractivity contribution is -0.129. The summed E-state index contributed by atoms with van der Waals surface area (Å²) in [5.74, 6) is -1.02. The van der Waals surface area contributed by atoms with Crippen LogP contribution < -0.4 is 11.2 Å². The highest BCUT2D eigenvalue weighted by Gasteiger charge is 2.32. The van der Waals surface area contributed by atoms with Crippen LogP contribution in [0.4, 0.5) is 9.18 Å². The van der Waals surface area contributed by atoms with E-state index in [9.17, 15) is 18.2 Å². The average molecular weight is 283 g/mol. The van der Waals surface area contributed by atoms with Crippen LogP contribution in [0.2, 0.25) is 0 Å². The van der Waals surface area contributed by atoms with Gasteiger partial charge in [-0.15, -0.1) is 0 Å². The van der Waals surface area contributed by atoms with Crippen molar-refractivity contribution in [1.29, 1.82) is 0 Å². The topological polar surface area (TPSA) is 92.5 Å². The third kappa shape index (κ3) is 2.79. The normalized spacial score (nSPS) is 22.4. The van der Waals surface area contributed by atoms with Crippen molar-refractivity contribution >= 4 is 22.7 Å². The van der Waals surface area contributed by atoms with Crippen LogP contribution in [0.25, 0.3) is 0 Å². The number of hydrogen-bond donors (Lipinski definition) is 2. The molecule has 0 spiro atoms. The number of urea groups is 1. The number of primary amides is 1. The first kappa shape index (κ1) is 13.2. The number of hydrogen-bond acceptors (Lipinski definition) is 3. The van der Waals surface area contributed by atoms with Crippen LogP contribution in [0.5, 0.6) is 0 Å². The number of nitrogens with zero attached hydrogens (tertiary/aromatic N) is 1. The highest BCUT2D eigenvalue weighted by molar-refractivity contribution is 7.88. The Bertz CT molecular complexity index is 573. The molecule has 0 bridgehead atoms. The van der Waals surface area contributed by atoms with E-state index >= 15 is 0 Å². The average Bonchev–Trinajstić information content (AvgIpc) is 2.35.